The van der Waals surface area contributed by atoms with E-state index in [-0.39, 0.29) is 16.8 Å². The number of ether oxygens (including phenoxy) is 1. The minimum Gasteiger partial charge on any atom is -0.493 e. The van der Waals surface area contributed by atoms with E-state index in [0.717, 1.165) is 17.7 Å². The number of para-hydroxylation sites is 1. The van der Waals surface area contributed by atoms with Gasteiger partial charge >= 0.3 is 0 Å². The first-order valence-electron chi connectivity index (χ1n) is 10.0. The molecule has 2 aromatic rings. The van der Waals surface area contributed by atoms with Gasteiger partial charge in [-0.05, 0) is 49.1 Å². The zero-order valence-electron chi connectivity index (χ0n) is 16.7. The third-order valence-electron chi connectivity index (χ3n) is 5.14. The maximum Gasteiger partial charge on any atom is 0.240 e. The first-order valence-corrected chi connectivity index (χ1v) is 11.5. The van der Waals surface area contributed by atoms with Gasteiger partial charge in [-0.1, -0.05) is 37.3 Å². The van der Waals surface area contributed by atoms with E-state index < -0.39 is 10.0 Å². The van der Waals surface area contributed by atoms with Gasteiger partial charge in [-0.15, -0.1) is 0 Å². The Morgan fingerprint density at radius 2 is 1.72 bits per heavy atom. The molecule has 3 rings (SSSR count). The maximum atomic E-state index is 12.6. The van der Waals surface area contributed by atoms with Gasteiger partial charge in [0, 0.05) is 19.1 Å². The fourth-order valence-electron chi connectivity index (χ4n) is 3.37. The Hall–Kier alpha value is -2.38. The van der Waals surface area contributed by atoms with Crippen LogP contribution in [0.15, 0.2) is 59.5 Å². The monoisotopic (exact) mass is 416 g/mol. The van der Waals surface area contributed by atoms with Crippen LogP contribution in [0.1, 0.15) is 31.7 Å². The number of rotatable bonds is 8. The van der Waals surface area contributed by atoms with Crippen LogP contribution in [0.3, 0.4) is 0 Å². The molecule has 1 aliphatic heterocycles. The Kier molecular flexibility index (Phi) is 7.28. The van der Waals surface area contributed by atoms with Crippen LogP contribution in [0.25, 0.3) is 0 Å². The molecular formula is C22H28N2O4S. The Bertz CT molecular complexity index is 890. The molecule has 1 aliphatic rings. The SMILES string of the molecule is CCc1ccc(S(=O)(=O)NC2CCN(C(=O)CCOc3ccccc3)CC2)cc1. The van der Waals surface area contributed by atoms with Gasteiger partial charge in [0.1, 0.15) is 5.75 Å². The van der Waals surface area contributed by atoms with E-state index in [1.54, 1.807) is 17.0 Å². The molecule has 0 atom stereocenters. The number of piperidine rings is 1. The summed E-state index contributed by atoms with van der Waals surface area (Å²) in [6.07, 6.45) is 2.40. The summed E-state index contributed by atoms with van der Waals surface area (Å²) in [6, 6.07) is 16.2. The average molecular weight is 417 g/mol. The third-order valence-corrected chi connectivity index (χ3v) is 6.68. The van der Waals surface area contributed by atoms with Crippen molar-refractivity contribution in [2.75, 3.05) is 19.7 Å². The van der Waals surface area contributed by atoms with Crippen LogP contribution < -0.4 is 9.46 Å². The van der Waals surface area contributed by atoms with Crippen LogP contribution in [-0.2, 0) is 21.2 Å². The fourth-order valence-corrected chi connectivity index (χ4v) is 4.67. The molecule has 0 radical (unpaired) electrons. The number of nitrogens with one attached hydrogen (secondary N) is 1. The van der Waals surface area contributed by atoms with Crippen LogP contribution in [0.4, 0.5) is 0 Å². The first-order chi connectivity index (χ1) is 14.0. The lowest BCUT2D eigenvalue weighted by Gasteiger charge is -2.32. The molecule has 29 heavy (non-hydrogen) atoms. The molecular weight excluding hydrogens is 388 g/mol. The highest BCUT2D eigenvalue weighted by Gasteiger charge is 2.26. The highest BCUT2D eigenvalue weighted by molar-refractivity contribution is 7.89. The standard InChI is InChI=1S/C22H28N2O4S/c1-2-18-8-10-21(11-9-18)29(26,27)23-19-12-15-24(16-13-19)22(25)14-17-28-20-6-4-3-5-7-20/h3-11,19,23H,2,12-17H2,1H3. The van der Waals surface area contributed by atoms with E-state index in [0.29, 0.717) is 39.0 Å². The van der Waals surface area contributed by atoms with E-state index in [9.17, 15) is 13.2 Å². The van der Waals surface area contributed by atoms with Gasteiger partial charge in [-0.2, -0.15) is 0 Å². The summed E-state index contributed by atoms with van der Waals surface area (Å²) in [4.78, 5) is 14.4. The Labute approximate surface area is 172 Å². The van der Waals surface area contributed by atoms with E-state index in [1.807, 2.05) is 49.4 Å². The van der Waals surface area contributed by atoms with Crippen LogP contribution in [0, 0.1) is 0 Å². The number of nitrogens with zero attached hydrogens (tertiary/aromatic N) is 1. The van der Waals surface area contributed by atoms with E-state index in [1.165, 1.54) is 0 Å². The minimum absolute atomic E-state index is 0.0393. The summed E-state index contributed by atoms with van der Waals surface area (Å²) in [6.45, 7) is 3.46. The molecule has 1 amide bonds. The van der Waals surface area contributed by atoms with Crippen molar-refractivity contribution >= 4 is 15.9 Å². The zero-order chi connectivity index (χ0) is 20.7. The number of amides is 1. The number of hydrogen-bond donors (Lipinski definition) is 1. The number of carbonyl (C=O) groups excluding carboxylic acids is 1. The second kappa shape index (κ2) is 9.89. The van der Waals surface area contributed by atoms with Gasteiger partial charge < -0.3 is 9.64 Å². The highest BCUT2D eigenvalue weighted by Crippen LogP contribution is 2.17. The molecule has 1 N–H and O–H groups in total. The Balaban J connectivity index is 1.44. The second-order valence-corrected chi connectivity index (χ2v) is 8.90. The number of benzene rings is 2. The van der Waals surface area contributed by atoms with Crippen molar-refractivity contribution in [3.63, 3.8) is 0 Å². The van der Waals surface area contributed by atoms with Gasteiger partial charge in [-0.3, -0.25) is 4.79 Å². The topological polar surface area (TPSA) is 75.7 Å². The molecule has 2 aromatic carbocycles. The summed E-state index contributed by atoms with van der Waals surface area (Å²) in [5, 5.41) is 0. The molecule has 6 nitrogen and oxygen atoms in total. The molecule has 1 heterocycles. The van der Waals surface area contributed by atoms with Crippen molar-refractivity contribution in [1.29, 1.82) is 0 Å². The number of likely N-dealkylation sites (tertiary alicyclic amines) is 1. The number of aryl methyl sites for hydroxylation is 1. The van der Waals surface area contributed by atoms with Crippen LogP contribution in [0.5, 0.6) is 5.75 Å². The zero-order valence-corrected chi connectivity index (χ0v) is 17.5. The van der Waals surface area contributed by atoms with Crippen LogP contribution >= 0.6 is 0 Å². The highest BCUT2D eigenvalue weighted by atomic mass is 32.2. The lowest BCUT2D eigenvalue weighted by molar-refractivity contribution is -0.132. The van der Waals surface area contributed by atoms with Crippen molar-refractivity contribution in [2.45, 2.75) is 43.5 Å². The van der Waals surface area contributed by atoms with Gasteiger partial charge in [0.15, 0.2) is 0 Å². The molecule has 0 spiro atoms. The normalized spacial score (nSPS) is 15.3. The average Bonchev–Trinajstić information content (AvgIpc) is 2.75. The number of hydrogen-bond acceptors (Lipinski definition) is 4. The predicted molar refractivity (Wildman–Crippen MR) is 112 cm³/mol. The first kappa shape index (κ1) is 21.3. The van der Waals surface area contributed by atoms with Crippen LogP contribution in [-0.4, -0.2) is 45.0 Å². The molecule has 1 fully saturated rings. The molecule has 0 aliphatic carbocycles. The van der Waals surface area contributed by atoms with Crippen molar-refractivity contribution in [3.8, 4) is 5.75 Å². The van der Waals surface area contributed by atoms with Gasteiger partial charge in [0.05, 0.1) is 17.9 Å². The molecule has 0 aromatic heterocycles. The van der Waals surface area contributed by atoms with E-state index in [2.05, 4.69) is 4.72 Å². The van der Waals surface area contributed by atoms with Crippen molar-refractivity contribution in [3.05, 3.63) is 60.2 Å². The quantitative estimate of drug-likeness (QED) is 0.718. The largest absolute Gasteiger partial charge is 0.493 e. The predicted octanol–water partition coefficient (Wildman–Crippen LogP) is 2.99. The summed E-state index contributed by atoms with van der Waals surface area (Å²) < 4.78 is 33.5. The number of sulfonamides is 1. The number of carbonyl (C=O) groups is 1. The third kappa shape index (κ3) is 6.05. The summed E-state index contributed by atoms with van der Waals surface area (Å²) in [5.74, 6) is 0.790. The molecule has 0 bridgehead atoms. The van der Waals surface area contributed by atoms with Crippen molar-refractivity contribution < 1.29 is 17.9 Å². The summed E-state index contributed by atoms with van der Waals surface area (Å²) >= 11 is 0. The molecule has 1 saturated heterocycles. The van der Waals surface area contributed by atoms with E-state index in [4.69, 9.17) is 4.74 Å². The Morgan fingerprint density at radius 3 is 2.34 bits per heavy atom. The molecule has 0 unspecified atom stereocenters. The van der Waals surface area contributed by atoms with E-state index >= 15 is 0 Å². The van der Waals surface area contributed by atoms with Gasteiger partial charge in [0.25, 0.3) is 0 Å². The summed E-state index contributed by atoms with van der Waals surface area (Å²) in [5.41, 5.74) is 1.10. The lowest BCUT2D eigenvalue weighted by atomic mass is 10.1. The molecule has 156 valence electrons. The fraction of sp³-hybridized carbons (Fsp3) is 0.409. The smallest absolute Gasteiger partial charge is 0.240 e. The van der Waals surface area contributed by atoms with Gasteiger partial charge in [0.2, 0.25) is 15.9 Å². The molecule has 0 saturated carbocycles. The summed E-state index contributed by atoms with van der Waals surface area (Å²) in [7, 11) is -3.54. The lowest BCUT2D eigenvalue weighted by Crippen LogP contribution is -2.46. The van der Waals surface area contributed by atoms with Crippen molar-refractivity contribution in [1.82, 2.24) is 9.62 Å². The minimum atomic E-state index is -3.54. The maximum absolute atomic E-state index is 12.6. The second-order valence-electron chi connectivity index (χ2n) is 7.19. The van der Waals surface area contributed by atoms with Crippen LogP contribution in [0.2, 0.25) is 0 Å². The van der Waals surface area contributed by atoms with Crippen molar-refractivity contribution in [2.24, 2.45) is 0 Å². The van der Waals surface area contributed by atoms with Gasteiger partial charge in [-0.25, -0.2) is 13.1 Å². The molecule has 7 heteroatoms. The Morgan fingerprint density at radius 1 is 1.07 bits per heavy atom.